The Morgan fingerprint density at radius 1 is 0.630 bits per heavy atom. The molecule has 3 aliphatic rings. The van der Waals surface area contributed by atoms with Crippen LogP contribution in [0.1, 0.15) is 69.1 Å². The Labute approximate surface area is 588 Å². The van der Waals surface area contributed by atoms with E-state index in [-0.39, 0.29) is 75.3 Å². The number of nitrogens with one attached hydrogen (secondary N) is 16. The highest BCUT2D eigenvalue weighted by Crippen LogP contribution is 2.25. The van der Waals surface area contributed by atoms with Crippen molar-refractivity contribution in [2.24, 2.45) is 11.5 Å². The van der Waals surface area contributed by atoms with E-state index in [1.54, 1.807) is 60.8 Å². The summed E-state index contributed by atoms with van der Waals surface area (Å²) in [5.74, 6) is -10.3. The predicted molar refractivity (Wildman–Crippen MR) is 377 cm³/mol. The van der Waals surface area contributed by atoms with Gasteiger partial charge < -0.3 is 106 Å². The second-order valence-electron chi connectivity index (χ2n) is 25.4. The smallest absolute Gasteiger partial charge is 0.328 e. The number of unbranched alkanes of at least 4 members (excludes halogenated alkanes) is 1. The maximum Gasteiger partial charge on any atom is 0.328 e. The number of hydrogen-bond donors (Lipinski definition) is 22. The molecule has 3 aromatic carbocycles. The Bertz CT molecular complexity index is 3360. The van der Waals surface area contributed by atoms with E-state index in [4.69, 9.17) is 11.5 Å². The van der Waals surface area contributed by atoms with E-state index in [0.29, 0.717) is 99.5 Å². The Morgan fingerprint density at radius 2 is 1.23 bits per heavy atom. The molecule has 4 heterocycles. The Balaban J connectivity index is 1.20. The number of amides is 9. The summed E-state index contributed by atoms with van der Waals surface area (Å²) in [5.41, 5.74) is 13.2. The van der Waals surface area contributed by atoms with Crippen molar-refractivity contribution in [1.82, 2.24) is 84.7 Å². The minimum Gasteiger partial charge on any atom is -0.508 e. The molecule has 4 aromatic rings. The van der Waals surface area contributed by atoms with Gasteiger partial charge in [-0.3, -0.25) is 53.8 Å². The first kappa shape index (κ1) is 79.3. The van der Waals surface area contributed by atoms with E-state index in [1.165, 1.54) is 31.2 Å². The molecule has 3 saturated heterocycles. The molecule has 8 unspecified atom stereocenters. The number of rotatable bonds is 23. The number of aliphatic carboxylic acids is 1. The van der Waals surface area contributed by atoms with Crippen LogP contribution < -0.4 is 91.2 Å². The number of hydrogen-bond acceptors (Lipinski definition) is 23. The van der Waals surface area contributed by atoms with Crippen LogP contribution in [0.15, 0.2) is 85.1 Å². The molecule has 0 spiro atoms. The second kappa shape index (κ2) is 39.9. The number of H-pyrrole nitrogens is 1. The SMILES string of the molecule is CC(O)C1NC(=O)C(CCCCN)NC(=O)C(Cc2c[nH]c3ccccc23)NC(=O)C(Cc2ccc(O)cc2)NC(=O)[C@@H](NC(=O)C(Cc2ccccc2)NC(=O)CCCC(=O)NC23CNCCNCC(N)(CNCCNC2)NCCN3)CSSCC(C(=O)N[C@H](C(=O)O)C(C)O)NC1=O. The normalized spacial score (nSPS) is 25.0. The molecule has 9 amide bonds. The monoisotopic (exact) mass is 1430 g/mol. The fourth-order valence-corrected chi connectivity index (χ4v) is 13.9. The second-order valence-corrected chi connectivity index (χ2v) is 27.9. The summed E-state index contributed by atoms with van der Waals surface area (Å²) in [5, 5.41) is 87.2. The highest BCUT2D eigenvalue weighted by molar-refractivity contribution is 8.76. The molecule has 3 fully saturated rings. The van der Waals surface area contributed by atoms with Crippen LogP contribution in [0.5, 0.6) is 5.75 Å². The lowest BCUT2D eigenvalue weighted by Crippen LogP contribution is -2.72. The highest BCUT2D eigenvalue weighted by atomic mass is 33.1. The van der Waals surface area contributed by atoms with Crippen LogP contribution in [0, 0.1) is 0 Å². The van der Waals surface area contributed by atoms with Crippen LogP contribution >= 0.6 is 21.6 Å². The minimum atomic E-state index is -1.88. The number of nitrogens with two attached hydrogens (primary N) is 2. The predicted octanol–water partition coefficient (Wildman–Crippen LogP) is -4.65. The molecule has 0 radical (unpaired) electrons. The van der Waals surface area contributed by atoms with Gasteiger partial charge in [0.15, 0.2) is 6.04 Å². The number of benzene rings is 3. The van der Waals surface area contributed by atoms with E-state index in [9.17, 15) is 54.0 Å². The quantitative estimate of drug-likeness (QED) is 0.0245. The van der Waals surface area contributed by atoms with Crippen LogP contribution in [-0.4, -0.2) is 240 Å². The molecule has 2 bridgehead atoms. The van der Waals surface area contributed by atoms with Crippen molar-refractivity contribution in [3.05, 3.63) is 102 Å². The summed E-state index contributed by atoms with van der Waals surface area (Å²) in [7, 11) is 1.75. The van der Waals surface area contributed by atoms with Crippen molar-refractivity contribution in [2.45, 2.75) is 144 Å². The van der Waals surface area contributed by atoms with E-state index in [2.05, 4.69) is 84.7 Å². The number of aliphatic hydroxyl groups is 2. The number of aromatic hydroxyl groups is 1. The van der Waals surface area contributed by atoms with E-state index < -0.39 is 131 Å². The third-order valence-electron chi connectivity index (χ3n) is 17.1. The maximum atomic E-state index is 15.2. The zero-order valence-electron chi connectivity index (χ0n) is 56.3. The number of fused-ring (bicyclic) bond motifs is 6. The number of aromatic nitrogens is 1. The van der Waals surface area contributed by atoms with Crippen LogP contribution in [-0.2, 0) is 67.2 Å². The average molecular weight is 1430 g/mol. The van der Waals surface area contributed by atoms with Gasteiger partial charge in [0.25, 0.3) is 0 Å². The average Bonchev–Trinajstić information content (AvgIpc) is 1.59. The molecule has 3 aliphatic heterocycles. The molecule has 10 atom stereocenters. The van der Waals surface area contributed by atoms with Crippen molar-refractivity contribution in [2.75, 3.05) is 83.5 Å². The molecular formula is C66H98N18O14S2. The summed E-state index contributed by atoms with van der Waals surface area (Å²) >= 11 is 0. The first-order valence-corrected chi connectivity index (χ1v) is 36.2. The van der Waals surface area contributed by atoms with Gasteiger partial charge in [-0.2, -0.15) is 0 Å². The van der Waals surface area contributed by atoms with Gasteiger partial charge >= 0.3 is 5.97 Å². The van der Waals surface area contributed by atoms with E-state index in [1.807, 2.05) is 0 Å². The summed E-state index contributed by atoms with van der Waals surface area (Å²) in [6, 6.07) is 8.82. The minimum absolute atomic E-state index is 0.0608. The largest absolute Gasteiger partial charge is 0.508 e. The van der Waals surface area contributed by atoms with Crippen molar-refractivity contribution in [3.63, 3.8) is 0 Å². The lowest BCUT2D eigenvalue weighted by atomic mass is 10.0. The maximum absolute atomic E-state index is 15.2. The standard InChI is InChI=1S/C66H98N18O14S2/c1-39(85)55-63(96)81-52(62(95)83-56(40(2)86)64(97)98)34-100-99-33-51(61(94)78-49(30-42-18-20-44(87)21-19-42)59(92)79-50(31-43-32-73-46-14-7-6-13-45(43)46)60(93)77-47(57(90)82-55)15-8-9-22-67)80-58(91)48(29-41-11-4-3-5-12-41)76-53(88)16-10-17-54(89)84-66-37-71-25-23-69-35-65(68,74-27-28-75-66)36-70-24-26-72-38-66/h3-7,11-14,18-21,32,39-40,47-52,55-56,69-75,85-87H,8-10,15-17,22-31,33-38,67-68H2,1-2H3,(H,76,88)(H,77,93)(H,78,94)(H,79,92)(H,80,91)(H,81,96)(H,82,90)(H,83,95)(H,84,89)(H,97,98)/t39?,40?,47?,48?,49?,50?,51-,52?,55?,56-,65?,66?/m0/s1. The summed E-state index contributed by atoms with van der Waals surface area (Å²) < 4.78 is 0. The number of carbonyl (C=O) groups excluding carboxylic acids is 9. The van der Waals surface area contributed by atoms with Gasteiger partial charge in [-0.05, 0) is 81.0 Å². The van der Waals surface area contributed by atoms with Gasteiger partial charge in [-0.25, -0.2) is 4.79 Å². The summed E-state index contributed by atoms with van der Waals surface area (Å²) in [6.07, 6.45) is -1.81. The molecule has 0 aliphatic carbocycles. The Hall–Kier alpha value is -8.00. The zero-order chi connectivity index (χ0) is 72.2. The summed E-state index contributed by atoms with van der Waals surface area (Å²) in [6.45, 7) is 7.62. The van der Waals surface area contributed by atoms with Crippen molar-refractivity contribution in [3.8, 4) is 5.75 Å². The molecule has 24 N–H and O–H groups in total. The third kappa shape index (κ3) is 25.3. The number of aliphatic hydroxyl groups excluding tert-OH is 2. The van der Waals surface area contributed by atoms with Crippen LogP contribution in [0.2, 0.25) is 0 Å². The van der Waals surface area contributed by atoms with Gasteiger partial charge in [0.05, 0.1) is 17.9 Å². The molecule has 32 nitrogen and oxygen atoms in total. The summed E-state index contributed by atoms with van der Waals surface area (Å²) in [4.78, 5) is 147. The fraction of sp³-hybridized carbons (Fsp3) is 0.545. The Kier molecular flexibility index (Phi) is 31.6. The van der Waals surface area contributed by atoms with Crippen molar-refractivity contribution < 1.29 is 68.4 Å². The number of phenols is 1. The molecule has 0 saturated carbocycles. The van der Waals surface area contributed by atoms with Gasteiger partial charge in [0, 0.05) is 126 Å². The number of phenolic OH excluding ortho intramolecular Hbond substituents is 1. The highest BCUT2D eigenvalue weighted by Gasteiger charge is 2.39. The molecule has 34 heteroatoms. The number of para-hydroxylation sites is 1. The van der Waals surface area contributed by atoms with Crippen molar-refractivity contribution in [1.29, 1.82) is 0 Å². The van der Waals surface area contributed by atoms with E-state index >= 15 is 14.4 Å². The first-order chi connectivity index (χ1) is 47.9. The van der Waals surface area contributed by atoms with Gasteiger partial charge in [0.1, 0.15) is 53.7 Å². The number of carboxylic acid groups (broad SMARTS) is 1. The Morgan fingerprint density at radius 3 is 1.89 bits per heavy atom. The lowest BCUT2D eigenvalue weighted by molar-refractivity contribution is -0.145. The fourth-order valence-electron chi connectivity index (χ4n) is 11.6. The number of carboxylic acids is 1. The van der Waals surface area contributed by atoms with Gasteiger partial charge in [-0.1, -0.05) is 82.3 Å². The van der Waals surface area contributed by atoms with Gasteiger partial charge in [0.2, 0.25) is 53.2 Å². The lowest BCUT2D eigenvalue weighted by Gasteiger charge is -2.39. The van der Waals surface area contributed by atoms with Gasteiger partial charge in [-0.15, -0.1) is 0 Å². The first-order valence-electron chi connectivity index (χ1n) is 33.7. The van der Waals surface area contributed by atoms with Crippen LogP contribution in [0.25, 0.3) is 10.9 Å². The van der Waals surface area contributed by atoms with Crippen LogP contribution in [0.4, 0.5) is 0 Å². The van der Waals surface area contributed by atoms with Crippen LogP contribution in [0.3, 0.4) is 0 Å². The molecule has 1 aromatic heterocycles. The van der Waals surface area contributed by atoms with E-state index in [0.717, 1.165) is 28.5 Å². The number of carbonyl (C=O) groups is 10. The third-order valence-corrected chi connectivity index (χ3v) is 19.5. The molecule has 7 rings (SSSR count). The number of aromatic amines is 1. The molecule has 100 heavy (non-hydrogen) atoms. The molecule has 548 valence electrons. The van der Waals surface area contributed by atoms with Crippen molar-refractivity contribution >= 4 is 91.6 Å². The molecular weight excluding hydrogens is 1330 g/mol. The zero-order valence-corrected chi connectivity index (χ0v) is 57.9. The topological polar surface area (TPSA) is 500 Å².